The highest BCUT2D eigenvalue weighted by Gasteiger charge is 2.20. The topological polar surface area (TPSA) is 87.6 Å². The van der Waals surface area contributed by atoms with Gasteiger partial charge in [0, 0.05) is 19.7 Å². The first-order chi connectivity index (χ1) is 14.1. The number of hydrogen-bond acceptors (Lipinski definition) is 5. The molecule has 5 rings (SSSR count). The summed E-state index contributed by atoms with van der Waals surface area (Å²) in [5.74, 6) is 0. The molecular formula is C21H16N6O2. The number of aryl methyl sites for hydroxylation is 1. The molecule has 0 bridgehead atoms. The molecular weight excluding hydrogens is 368 g/mol. The van der Waals surface area contributed by atoms with Gasteiger partial charge in [-0.15, -0.1) is 0 Å². The van der Waals surface area contributed by atoms with Crippen LogP contribution in [0.25, 0.3) is 39.3 Å². The lowest BCUT2D eigenvalue weighted by molar-refractivity contribution is 0.705. The zero-order valence-corrected chi connectivity index (χ0v) is 15.8. The van der Waals surface area contributed by atoms with E-state index in [1.165, 1.54) is 11.6 Å². The molecule has 3 heterocycles. The highest BCUT2D eigenvalue weighted by Crippen LogP contribution is 2.28. The predicted octanol–water partition coefficient (Wildman–Crippen LogP) is 2.03. The first-order valence-electron chi connectivity index (χ1n) is 9.03. The van der Waals surface area contributed by atoms with Gasteiger partial charge in [-0.2, -0.15) is 5.10 Å². The second kappa shape index (κ2) is 6.23. The molecule has 0 aliphatic carbocycles. The Morgan fingerprint density at radius 1 is 0.724 bits per heavy atom. The Hall–Kier alpha value is -4.07. The minimum absolute atomic E-state index is 0.124. The van der Waals surface area contributed by atoms with Crippen molar-refractivity contribution in [1.29, 1.82) is 0 Å². The van der Waals surface area contributed by atoms with E-state index < -0.39 is 11.2 Å². The molecule has 0 aliphatic heterocycles. The summed E-state index contributed by atoms with van der Waals surface area (Å²) in [6, 6.07) is 19.2. The van der Waals surface area contributed by atoms with Gasteiger partial charge in [0.05, 0.1) is 5.69 Å². The molecule has 0 saturated heterocycles. The molecule has 0 atom stereocenters. The molecule has 3 aromatic heterocycles. The van der Waals surface area contributed by atoms with Crippen LogP contribution in [0.15, 0.2) is 70.3 Å². The van der Waals surface area contributed by atoms with E-state index in [1.807, 2.05) is 60.7 Å². The maximum Gasteiger partial charge on any atom is 0.332 e. The van der Waals surface area contributed by atoms with Crippen LogP contribution in [0.3, 0.4) is 0 Å². The summed E-state index contributed by atoms with van der Waals surface area (Å²) >= 11 is 0. The second-order valence-corrected chi connectivity index (χ2v) is 6.74. The van der Waals surface area contributed by atoms with Crippen molar-refractivity contribution in [3.8, 4) is 16.9 Å². The molecule has 0 radical (unpaired) electrons. The quantitative estimate of drug-likeness (QED) is 0.465. The van der Waals surface area contributed by atoms with Crippen molar-refractivity contribution in [2.24, 2.45) is 14.1 Å². The van der Waals surface area contributed by atoms with Gasteiger partial charge in [0.25, 0.3) is 5.56 Å². The highest BCUT2D eigenvalue weighted by atomic mass is 16.2. The lowest BCUT2D eigenvalue weighted by Gasteiger charge is -2.07. The average Bonchev–Trinajstić information content (AvgIpc) is 3.15. The van der Waals surface area contributed by atoms with Crippen molar-refractivity contribution >= 4 is 22.3 Å². The molecule has 5 aromatic rings. The van der Waals surface area contributed by atoms with E-state index in [1.54, 1.807) is 11.7 Å². The second-order valence-electron chi connectivity index (χ2n) is 6.74. The number of benzene rings is 2. The van der Waals surface area contributed by atoms with E-state index in [-0.39, 0.29) is 11.2 Å². The summed E-state index contributed by atoms with van der Waals surface area (Å²) < 4.78 is 4.04. The van der Waals surface area contributed by atoms with Crippen LogP contribution in [0.5, 0.6) is 0 Å². The Bertz CT molecular complexity index is 1500. The Morgan fingerprint density at radius 3 is 2.03 bits per heavy atom. The third-order valence-corrected chi connectivity index (χ3v) is 4.93. The van der Waals surface area contributed by atoms with Crippen molar-refractivity contribution in [3.05, 3.63) is 81.5 Å². The van der Waals surface area contributed by atoms with Crippen molar-refractivity contribution < 1.29 is 0 Å². The molecule has 29 heavy (non-hydrogen) atoms. The van der Waals surface area contributed by atoms with Gasteiger partial charge in [0.1, 0.15) is 11.2 Å². The van der Waals surface area contributed by atoms with E-state index in [0.717, 1.165) is 15.8 Å². The number of rotatable bonds is 2. The van der Waals surface area contributed by atoms with Gasteiger partial charge in [-0.05, 0) is 12.1 Å². The number of hydrogen-bond donors (Lipinski definition) is 0. The minimum Gasteiger partial charge on any atom is -0.279 e. The van der Waals surface area contributed by atoms with Crippen LogP contribution in [0, 0.1) is 0 Å². The van der Waals surface area contributed by atoms with Crippen molar-refractivity contribution in [2.75, 3.05) is 0 Å². The molecule has 8 heteroatoms. The zero-order valence-electron chi connectivity index (χ0n) is 15.8. The number of aromatic nitrogens is 6. The number of para-hydroxylation sites is 1. The Balaban J connectivity index is 1.98. The third-order valence-electron chi connectivity index (χ3n) is 4.93. The number of nitrogens with zero attached hydrogens (tertiary/aromatic N) is 6. The van der Waals surface area contributed by atoms with E-state index in [0.29, 0.717) is 16.9 Å². The predicted molar refractivity (Wildman–Crippen MR) is 110 cm³/mol. The van der Waals surface area contributed by atoms with Crippen LogP contribution in [0.2, 0.25) is 0 Å². The average molecular weight is 384 g/mol. The molecule has 0 fully saturated rings. The molecule has 0 spiro atoms. The molecule has 0 aliphatic rings. The maximum atomic E-state index is 12.7. The van der Waals surface area contributed by atoms with E-state index in [9.17, 15) is 9.59 Å². The van der Waals surface area contributed by atoms with E-state index in [2.05, 4.69) is 9.97 Å². The SMILES string of the molecule is Cn1c(=O)c2nc3c(nc2n(C)c1=O)c(-c1ccccc1)nn3-c1ccccc1. The molecule has 8 nitrogen and oxygen atoms in total. The summed E-state index contributed by atoms with van der Waals surface area (Å²) in [5, 5.41) is 4.75. The van der Waals surface area contributed by atoms with Crippen LogP contribution in [0.4, 0.5) is 0 Å². The summed E-state index contributed by atoms with van der Waals surface area (Å²) in [7, 11) is 3.01. The van der Waals surface area contributed by atoms with Gasteiger partial charge in [-0.3, -0.25) is 13.9 Å². The maximum absolute atomic E-state index is 12.7. The first kappa shape index (κ1) is 17.1. The van der Waals surface area contributed by atoms with Gasteiger partial charge < -0.3 is 0 Å². The summed E-state index contributed by atoms with van der Waals surface area (Å²) in [6.07, 6.45) is 0. The molecule has 0 unspecified atom stereocenters. The fraction of sp³-hybridized carbons (Fsp3) is 0.0952. The summed E-state index contributed by atoms with van der Waals surface area (Å²) in [5.41, 5.74) is 2.70. The largest absolute Gasteiger partial charge is 0.332 e. The summed E-state index contributed by atoms with van der Waals surface area (Å²) in [6.45, 7) is 0. The molecule has 142 valence electrons. The van der Waals surface area contributed by atoms with E-state index >= 15 is 0 Å². The highest BCUT2D eigenvalue weighted by molar-refractivity contribution is 5.93. The van der Waals surface area contributed by atoms with Crippen LogP contribution in [-0.2, 0) is 14.1 Å². The van der Waals surface area contributed by atoms with Crippen molar-refractivity contribution in [2.45, 2.75) is 0 Å². The fourth-order valence-electron chi connectivity index (χ4n) is 3.40. The Morgan fingerprint density at radius 2 is 1.34 bits per heavy atom. The van der Waals surface area contributed by atoms with E-state index in [4.69, 9.17) is 5.10 Å². The monoisotopic (exact) mass is 384 g/mol. The van der Waals surface area contributed by atoms with Crippen LogP contribution in [0.1, 0.15) is 0 Å². The van der Waals surface area contributed by atoms with Gasteiger partial charge >= 0.3 is 5.69 Å². The Kier molecular flexibility index (Phi) is 3.67. The smallest absolute Gasteiger partial charge is 0.279 e. The van der Waals surface area contributed by atoms with Crippen LogP contribution < -0.4 is 11.2 Å². The van der Waals surface area contributed by atoms with Gasteiger partial charge in [-0.1, -0.05) is 48.5 Å². The zero-order chi connectivity index (χ0) is 20.1. The molecule has 0 saturated carbocycles. The standard InChI is InChI=1S/C21H16N6O2/c1-25-18-17(20(28)26(2)21(25)29)23-19-16(22-18)15(13-9-5-3-6-10-13)24-27(19)14-11-7-4-8-12-14/h3-12H,1-2H3. The molecule has 2 aromatic carbocycles. The Labute approximate surface area is 164 Å². The number of fused-ring (bicyclic) bond motifs is 2. The molecule has 0 amide bonds. The van der Waals surface area contributed by atoms with Gasteiger partial charge in [-0.25, -0.2) is 19.4 Å². The molecule has 0 N–H and O–H groups in total. The lowest BCUT2D eigenvalue weighted by atomic mass is 10.1. The van der Waals surface area contributed by atoms with Crippen LogP contribution >= 0.6 is 0 Å². The van der Waals surface area contributed by atoms with Gasteiger partial charge in [0.2, 0.25) is 0 Å². The van der Waals surface area contributed by atoms with Crippen molar-refractivity contribution in [3.63, 3.8) is 0 Å². The van der Waals surface area contributed by atoms with Crippen molar-refractivity contribution in [1.82, 2.24) is 28.9 Å². The third kappa shape index (κ3) is 2.49. The first-order valence-corrected chi connectivity index (χ1v) is 9.03. The van der Waals surface area contributed by atoms with Crippen LogP contribution in [-0.4, -0.2) is 28.9 Å². The minimum atomic E-state index is -0.487. The normalized spacial score (nSPS) is 11.4. The lowest BCUT2D eigenvalue weighted by Crippen LogP contribution is -2.37. The summed E-state index contributed by atoms with van der Waals surface area (Å²) in [4.78, 5) is 34.3. The fourth-order valence-corrected chi connectivity index (χ4v) is 3.40. The van der Waals surface area contributed by atoms with Gasteiger partial charge in [0.15, 0.2) is 16.8 Å².